The Bertz CT molecular complexity index is 425. The van der Waals surface area contributed by atoms with E-state index >= 15 is 0 Å². The first kappa shape index (κ1) is 11.6. The number of carboxylic acids is 1. The van der Waals surface area contributed by atoms with Crippen LogP contribution in [0.5, 0.6) is 0 Å². The van der Waals surface area contributed by atoms with Crippen LogP contribution in [0.15, 0.2) is 6.20 Å². The second-order valence-electron chi connectivity index (χ2n) is 4.19. The van der Waals surface area contributed by atoms with Crippen LogP contribution in [0.1, 0.15) is 29.8 Å². The van der Waals surface area contributed by atoms with E-state index in [4.69, 9.17) is 5.11 Å². The molecule has 0 unspecified atom stereocenters. The Hall–Kier alpha value is -1.92. The van der Waals surface area contributed by atoms with Crippen molar-refractivity contribution in [1.82, 2.24) is 20.3 Å². The molecular formula is C10H14N4O3. The summed E-state index contributed by atoms with van der Waals surface area (Å²) in [5, 5.41) is 18.4. The first-order valence-electron chi connectivity index (χ1n) is 5.55. The van der Waals surface area contributed by atoms with Crippen molar-refractivity contribution in [2.45, 2.75) is 25.8 Å². The van der Waals surface area contributed by atoms with Crippen molar-refractivity contribution >= 4 is 11.9 Å². The van der Waals surface area contributed by atoms with Gasteiger partial charge in [-0.05, 0) is 12.3 Å². The maximum atomic E-state index is 11.4. The van der Waals surface area contributed by atoms with Crippen molar-refractivity contribution in [3.63, 3.8) is 0 Å². The lowest BCUT2D eigenvalue weighted by molar-refractivity contribution is -0.121. The van der Waals surface area contributed by atoms with Gasteiger partial charge in [-0.2, -0.15) is 0 Å². The molecule has 2 N–H and O–H groups in total. The molecule has 0 aliphatic heterocycles. The van der Waals surface area contributed by atoms with Crippen LogP contribution in [-0.2, 0) is 11.3 Å². The molecule has 1 aromatic heterocycles. The summed E-state index contributed by atoms with van der Waals surface area (Å²) < 4.78 is 1.22. The third-order valence-corrected chi connectivity index (χ3v) is 2.64. The highest BCUT2D eigenvalue weighted by atomic mass is 16.4. The fourth-order valence-electron chi connectivity index (χ4n) is 1.50. The van der Waals surface area contributed by atoms with Crippen LogP contribution in [0.3, 0.4) is 0 Å². The molecule has 1 aliphatic carbocycles. The van der Waals surface area contributed by atoms with Crippen LogP contribution in [0.25, 0.3) is 0 Å². The molecule has 17 heavy (non-hydrogen) atoms. The van der Waals surface area contributed by atoms with Crippen LogP contribution in [0.4, 0.5) is 0 Å². The topological polar surface area (TPSA) is 97.1 Å². The summed E-state index contributed by atoms with van der Waals surface area (Å²) in [4.78, 5) is 22.0. The maximum absolute atomic E-state index is 11.4. The second-order valence-corrected chi connectivity index (χ2v) is 4.19. The van der Waals surface area contributed by atoms with Crippen molar-refractivity contribution in [1.29, 1.82) is 0 Å². The van der Waals surface area contributed by atoms with Crippen molar-refractivity contribution in [2.24, 2.45) is 5.92 Å². The number of aromatic nitrogens is 3. The van der Waals surface area contributed by atoms with Crippen LogP contribution < -0.4 is 5.32 Å². The molecule has 1 saturated carbocycles. The predicted octanol–water partition coefficient (Wildman–Crippen LogP) is -0.107. The van der Waals surface area contributed by atoms with E-state index in [-0.39, 0.29) is 18.1 Å². The van der Waals surface area contributed by atoms with E-state index in [2.05, 4.69) is 15.6 Å². The molecule has 1 heterocycles. The SMILES string of the molecule is O=C(Cn1cc(C(=O)O)nn1)NCCC1CC1. The molecule has 0 bridgehead atoms. The molecule has 1 aliphatic rings. The highest BCUT2D eigenvalue weighted by Gasteiger charge is 2.20. The minimum atomic E-state index is -1.15. The molecule has 1 amide bonds. The number of carboxylic acid groups (broad SMARTS) is 1. The quantitative estimate of drug-likeness (QED) is 0.720. The number of rotatable bonds is 6. The number of carbonyl (C=O) groups is 2. The van der Waals surface area contributed by atoms with Crippen molar-refractivity contribution < 1.29 is 14.7 Å². The van der Waals surface area contributed by atoms with E-state index < -0.39 is 5.97 Å². The average Bonchev–Trinajstić information content (AvgIpc) is 2.96. The predicted molar refractivity (Wildman–Crippen MR) is 57.3 cm³/mol. The number of hydrogen-bond donors (Lipinski definition) is 2. The monoisotopic (exact) mass is 238 g/mol. The second kappa shape index (κ2) is 4.94. The Morgan fingerprint density at radius 1 is 1.53 bits per heavy atom. The molecule has 1 aromatic rings. The molecule has 7 nitrogen and oxygen atoms in total. The summed E-state index contributed by atoms with van der Waals surface area (Å²) in [6.07, 6.45) is 4.79. The molecule has 0 saturated heterocycles. The number of nitrogens with one attached hydrogen (secondary N) is 1. The van der Waals surface area contributed by atoms with Gasteiger partial charge in [-0.3, -0.25) is 4.79 Å². The zero-order valence-electron chi connectivity index (χ0n) is 9.30. The van der Waals surface area contributed by atoms with Gasteiger partial charge in [0.2, 0.25) is 5.91 Å². The standard InChI is InChI=1S/C10H14N4O3/c15-9(11-4-3-7-1-2-7)6-14-5-8(10(16)17)12-13-14/h5,7H,1-4,6H2,(H,11,15)(H,16,17). The minimum absolute atomic E-state index is 0.00491. The smallest absolute Gasteiger partial charge is 0.358 e. The van der Waals surface area contributed by atoms with E-state index in [9.17, 15) is 9.59 Å². The summed E-state index contributed by atoms with van der Waals surface area (Å²) in [5.41, 5.74) is -0.157. The van der Waals surface area contributed by atoms with Gasteiger partial charge in [0.15, 0.2) is 5.69 Å². The minimum Gasteiger partial charge on any atom is -0.476 e. The van der Waals surface area contributed by atoms with Gasteiger partial charge in [0.1, 0.15) is 6.54 Å². The molecule has 0 aromatic carbocycles. The van der Waals surface area contributed by atoms with Gasteiger partial charge in [-0.25, -0.2) is 9.48 Å². The highest BCUT2D eigenvalue weighted by molar-refractivity contribution is 5.84. The van der Waals surface area contributed by atoms with E-state index in [1.807, 2.05) is 0 Å². The van der Waals surface area contributed by atoms with Gasteiger partial charge >= 0.3 is 5.97 Å². The number of aromatic carboxylic acids is 1. The Kier molecular flexibility index (Phi) is 3.36. The summed E-state index contributed by atoms with van der Waals surface area (Å²) >= 11 is 0. The number of nitrogens with zero attached hydrogens (tertiary/aromatic N) is 3. The fourth-order valence-corrected chi connectivity index (χ4v) is 1.50. The molecule has 7 heteroatoms. The zero-order valence-corrected chi connectivity index (χ0v) is 9.30. The number of hydrogen-bond acceptors (Lipinski definition) is 4. The lowest BCUT2D eigenvalue weighted by Gasteiger charge is -2.03. The molecule has 1 fully saturated rings. The van der Waals surface area contributed by atoms with Crippen LogP contribution in [-0.4, -0.2) is 38.5 Å². The zero-order chi connectivity index (χ0) is 12.3. The molecule has 92 valence electrons. The third kappa shape index (κ3) is 3.54. The van der Waals surface area contributed by atoms with Crippen LogP contribution >= 0.6 is 0 Å². The van der Waals surface area contributed by atoms with Crippen molar-refractivity contribution in [2.75, 3.05) is 6.54 Å². The highest BCUT2D eigenvalue weighted by Crippen LogP contribution is 2.31. The van der Waals surface area contributed by atoms with Gasteiger partial charge in [-0.15, -0.1) is 5.10 Å². The summed E-state index contributed by atoms with van der Waals surface area (Å²) in [6, 6.07) is 0. The van der Waals surface area contributed by atoms with Gasteiger partial charge in [-0.1, -0.05) is 18.1 Å². The molecule has 0 radical (unpaired) electrons. The average molecular weight is 238 g/mol. The van der Waals surface area contributed by atoms with Crippen molar-refractivity contribution in [3.05, 3.63) is 11.9 Å². The van der Waals surface area contributed by atoms with E-state index in [0.29, 0.717) is 6.54 Å². The number of carbonyl (C=O) groups excluding carboxylic acids is 1. The summed E-state index contributed by atoms with van der Waals surface area (Å²) in [5.74, 6) is -0.543. The van der Waals surface area contributed by atoms with Crippen molar-refractivity contribution in [3.8, 4) is 0 Å². The fraction of sp³-hybridized carbons (Fsp3) is 0.600. The van der Waals surface area contributed by atoms with E-state index in [1.54, 1.807) is 0 Å². The lowest BCUT2D eigenvalue weighted by Crippen LogP contribution is -2.28. The number of amides is 1. The lowest BCUT2D eigenvalue weighted by atomic mass is 10.3. The Morgan fingerprint density at radius 3 is 2.88 bits per heavy atom. The first-order valence-corrected chi connectivity index (χ1v) is 5.55. The van der Waals surface area contributed by atoms with E-state index in [1.165, 1.54) is 23.7 Å². The maximum Gasteiger partial charge on any atom is 0.358 e. The first-order chi connectivity index (χ1) is 8.15. The summed E-state index contributed by atoms with van der Waals surface area (Å²) in [6.45, 7) is 0.676. The Labute approximate surface area is 97.8 Å². The Balaban J connectivity index is 1.74. The van der Waals surface area contributed by atoms with Gasteiger partial charge in [0.05, 0.1) is 6.20 Å². The van der Waals surface area contributed by atoms with Gasteiger partial charge < -0.3 is 10.4 Å². The van der Waals surface area contributed by atoms with Crippen LogP contribution in [0.2, 0.25) is 0 Å². The molecule has 0 spiro atoms. The largest absolute Gasteiger partial charge is 0.476 e. The molecular weight excluding hydrogens is 224 g/mol. The van der Waals surface area contributed by atoms with E-state index in [0.717, 1.165) is 12.3 Å². The summed E-state index contributed by atoms with van der Waals surface area (Å²) in [7, 11) is 0. The Morgan fingerprint density at radius 2 is 2.29 bits per heavy atom. The normalized spacial score (nSPS) is 14.6. The third-order valence-electron chi connectivity index (χ3n) is 2.64. The molecule has 2 rings (SSSR count). The van der Waals surface area contributed by atoms with Gasteiger partial charge in [0.25, 0.3) is 0 Å². The molecule has 0 atom stereocenters. The van der Waals surface area contributed by atoms with Crippen LogP contribution in [0, 0.1) is 5.92 Å². The van der Waals surface area contributed by atoms with Gasteiger partial charge in [0, 0.05) is 6.54 Å².